The van der Waals surface area contributed by atoms with Crippen LogP contribution in [0.3, 0.4) is 0 Å². The van der Waals surface area contributed by atoms with Crippen LogP contribution in [-0.2, 0) is 71.2 Å². The van der Waals surface area contributed by atoms with Crippen LogP contribution in [0.15, 0.2) is 0 Å². The largest absolute Gasteiger partial charge is 0.394 e. The molecule has 7 rings (SSSR count). The quantitative estimate of drug-likeness (QED) is 0.0538. The number of carbonyl (C=O) groups is 2. The highest BCUT2D eigenvalue weighted by Crippen LogP contribution is 2.37. The van der Waals surface area contributed by atoms with Crippen LogP contribution >= 0.6 is 0 Å². The molecule has 7 fully saturated rings. The maximum Gasteiger partial charge on any atom is 0.217 e. The highest BCUT2D eigenvalue weighted by Gasteiger charge is 2.58. The Labute approximate surface area is 470 Å². The van der Waals surface area contributed by atoms with Crippen LogP contribution in [0.25, 0.3) is 0 Å². The van der Waals surface area contributed by atoms with Crippen LogP contribution in [0.5, 0.6) is 0 Å². The molecule has 2 amide bonds. The maximum absolute atomic E-state index is 12.9. The molecule has 7 heterocycles. The minimum absolute atomic E-state index is 0.827. The Bertz CT molecular complexity index is 2040. The molecule has 7 aliphatic rings. The molecule has 0 aliphatic carbocycles. The first-order valence-electron chi connectivity index (χ1n) is 26.5. The van der Waals surface area contributed by atoms with E-state index >= 15 is 0 Å². The summed E-state index contributed by atoms with van der Waals surface area (Å²) in [7, 11) is 0. The summed E-state index contributed by atoms with van der Waals surface area (Å²) in [6, 6.07) is -3.59. The average Bonchev–Trinajstić information content (AvgIpc) is 3.57. The molecule has 7 aliphatic heterocycles. The summed E-state index contributed by atoms with van der Waals surface area (Å²) < 4.78 is 75.0. The van der Waals surface area contributed by atoms with Crippen LogP contribution in [-0.4, -0.2) is 368 Å². The summed E-state index contributed by atoms with van der Waals surface area (Å²) in [5.41, 5.74) is 0. The molecule has 1 unspecified atom stereocenters. The normalized spacial score (nSPS) is 50.8. The van der Waals surface area contributed by atoms with Gasteiger partial charge in [-0.1, -0.05) is 0 Å². The molecule has 37 heteroatoms. The first-order chi connectivity index (χ1) is 39.2. The van der Waals surface area contributed by atoms with Crippen LogP contribution in [0, 0.1) is 0 Å². The number of rotatable bonds is 20. The fraction of sp³-hybridized carbons (Fsp3) is 0.957. The van der Waals surface area contributed by atoms with Gasteiger partial charge in [0.05, 0.1) is 45.7 Å². The molecule has 83 heavy (non-hydrogen) atoms. The minimum Gasteiger partial charge on any atom is -0.394 e. The lowest BCUT2D eigenvalue weighted by Crippen LogP contribution is -2.70. The van der Waals surface area contributed by atoms with Crippen molar-refractivity contribution in [2.75, 3.05) is 39.6 Å². The third-order valence-corrected chi connectivity index (χ3v) is 15.3. The number of aliphatic hydroxyl groups excluding tert-OH is 20. The molecule has 0 spiro atoms. The summed E-state index contributed by atoms with van der Waals surface area (Å²) >= 11 is 0. The molecule has 482 valence electrons. The van der Waals surface area contributed by atoms with Crippen molar-refractivity contribution in [1.82, 2.24) is 10.6 Å². The van der Waals surface area contributed by atoms with Gasteiger partial charge in [0, 0.05) is 13.8 Å². The predicted molar refractivity (Wildman–Crippen MR) is 254 cm³/mol. The Morgan fingerprint density at radius 1 is 0.337 bits per heavy atom. The fourth-order valence-corrected chi connectivity index (χ4v) is 10.6. The van der Waals surface area contributed by atoms with Crippen molar-refractivity contribution in [3.05, 3.63) is 0 Å². The minimum atomic E-state index is -2.31. The number of hydrogen-bond donors (Lipinski definition) is 22. The van der Waals surface area contributed by atoms with Gasteiger partial charge in [-0.25, -0.2) is 0 Å². The summed E-state index contributed by atoms with van der Waals surface area (Å²) in [6.45, 7) is -2.63. The number of carbonyl (C=O) groups excluding carboxylic acids is 2. The molecule has 7 saturated heterocycles. The fourth-order valence-electron chi connectivity index (χ4n) is 10.6. The van der Waals surface area contributed by atoms with Crippen molar-refractivity contribution in [3.8, 4) is 0 Å². The van der Waals surface area contributed by atoms with Gasteiger partial charge in [0.15, 0.2) is 44.0 Å². The van der Waals surface area contributed by atoms with Crippen molar-refractivity contribution in [3.63, 3.8) is 0 Å². The van der Waals surface area contributed by atoms with Gasteiger partial charge in [0.25, 0.3) is 0 Å². The van der Waals surface area contributed by atoms with E-state index in [1.54, 1.807) is 0 Å². The van der Waals surface area contributed by atoms with Crippen molar-refractivity contribution < 1.29 is 173 Å². The summed E-state index contributed by atoms with van der Waals surface area (Å²) in [6.07, 6.45) is -63.1. The van der Waals surface area contributed by atoms with E-state index in [0.717, 1.165) is 13.8 Å². The zero-order chi connectivity index (χ0) is 61.2. The molecule has 0 aromatic carbocycles. The number of ether oxygens (including phenoxy) is 13. The second kappa shape index (κ2) is 29.3. The van der Waals surface area contributed by atoms with Crippen molar-refractivity contribution in [2.24, 2.45) is 0 Å². The molecule has 0 aromatic heterocycles. The van der Waals surface area contributed by atoms with Gasteiger partial charge in [-0.2, -0.15) is 0 Å². The van der Waals surface area contributed by atoms with Crippen molar-refractivity contribution >= 4 is 11.8 Å². The van der Waals surface area contributed by atoms with E-state index in [1.165, 1.54) is 6.92 Å². The third-order valence-electron chi connectivity index (χ3n) is 15.3. The Balaban J connectivity index is 1.16. The second-order valence-electron chi connectivity index (χ2n) is 21.1. The van der Waals surface area contributed by atoms with Gasteiger partial charge in [0.2, 0.25) is 11.8 Å². The van der Waals surface area contributed by atoms with Crippen LogP contribution in [0.2, 0.25) is 0 Å². The highest BCUT2D eigenvalue weighted by molar-refractivity contribution is 5.73. The van der Waals surface area contributed by atoms with Gasteiger partial charge in [-0.05, 0) is 6.92 Å². The van der Waals surface area contributed by atoms with Crippen molar-refractivity contribution in [1.29, 1.82) is 0 Å². The van der Waals surface area contributed by atoms with E-state index in [-0.39, 0.29) is 0 Å². The molecule has 0 bridgehead atoms. The lowest BCUT2D eigenvalue weighted by Gasteiger charge is -2.50. The summed E-state index contributed by atoms with van der Waals surface area (Å²) in [5, 5.41) is 220. The van der Waals surface area contributed by atoms with E-state index in [9.17, 15) is 112 Å². The maximum atomic E-state index is 12.9. The molecule has 22 N–H and O–H groups in total. The zero-order valence-electron chi connectivity index (χ0n) is 44.5. The zero-order valence-corrected chi connectivity index (χ0v) is 44.5. The lowest BCUT2D eigenvalue weighted by molar-refractivity contribution is -0.392. The van der Waals surface area contributed by atoms with E-state index in [4.69, 9.17) is 61.6 Å². The topological polar surface area (TPSA) is 583 Å². The van der Waals surface area contributed by atoms with E-state index in [0.29, 0.717) is 0 Å². The first kappa shape index (κ1) is 68.1. The Morgan fingerprint density at radius 2 is 0.711 bits per heavy atom. The van der Waals surface area contributed by atoms with Crippen molar-refractivity contribution in [2.45, 2.75) is 236 Å². The lowest BCUT2D eigenvalue weighted by atomic mass is 9.94. The number of nitrogens with one attached hydrogen (secondary N) is 2. The van der Waals surface area contributed by atoms with E-state index in [2.05, 4.69) is 10.6 Å². The van der Waals surface area contributed by atoms with Crippen LogP contribution in [0.4, 0.5) is 0 Å². The number of hydrogen-bond acceptors (Lipinski definition) is 35. The molecule has 0 aromatic rings. The van der Waals surface area contributed by atoms with Gasteiger partial charge >= 0.3 is 0 Å². The molecular weight excluding hydrogens is 1140 g/mol. The summed E-state index contributed by atoms with van der Waals surface area (Å²) in [4.78, 5) is 25.4. The average molecular weight is 1220 g/mol. The van der Waals surface area contributed by atoms with E-state index < -0.39 is 266 Å². The number of aliphatic hydroxyl groups is 20. The molecule has 35 atom stereocenters. The third kappa shape index (κ3) is 14.7. The highest BCUT2D eigenvalue weighted by atomic mass is 16.8. The Hall–Kier alpha value is -2.38. The smallest absolute Gasteiger partial charge is 0.217 e. The Kier molecular flexibility index (Phi) is 24.0. The van der Waals surface area contributed by atoms with E-state index in [1.807, 2.05) is 0 Å². The van der Waals surface area contributed by atoms with Crippen LogP contribution < -0.4 is 10.6 Å². The van der Waals surface area contributed by atoms with Gasteiger partial charge < -0.3 is 174 Å². The summed E-state index contributed by atoms with van der Waals surface area (Å²) in [5.74, 6) is -1.74. The van der Waals surface area contributed by atoms with Gasteiger partial charge in [-0.15, -0.1) is 0 Å². The number of amides is 2. The predicted octanol–water partition coefficient (Wildman–Crippen LogP) is -15.0. The Morgan fingerprint density at radius 3 is 1.24 bits per heavy atom. The molecule has 0 saturated carbocycles. The van der Waals surface area contributed by atoms with Gasteiger partial charge in [0.1, 0.15) is 165 Å². The first-order valence-corrected chi connectivity index (χ1v) is 26.5. The monoisotopic (exact) mass is 1220 g/mol. The van der Waals surface area contributed by atoms with Gasteiger partial charge in [-0.3, -0.25) is 9.59 Å². The second-order valence-corrected chi connectivity index (χ2v) is 21.1. The van der Waals surface area contributed by atoms with Crippen LogP contribution in [0.1, 0.15) is 20.8 Å². The molecular formula is C46H78N2O35. The standard InChI is InChI=1S/C46H78N2O35/c1-10-21(56)27(62)32(67)43(72-10)83-39-29(64)23(58)14(5-50)75-46(39)81-36-17(8-53)77-42(20(26(36)61)48-12(3)55)82-38-24(59)18(78-45(34(38)69)80-37-15(6-51)73-40(70)31(66)30(37)65)9-71-41-19(47-11(2)54)25(60)35(16(7-52)76-41)79-44-33(68)28(63)22(57)13(4-49)74-44/h10,13-46,49-53,56-70H,4-9H2,1-3H3,(H,47,54)(H,48,55)/t10-,13+,14+,15+,16+,17+,18+,19+,20+,21+,22-,23-,24-,25+,26+,27+,28-,29-,30+,31+,32-,33+,34+,35+,36+,37+,38-,39+,40?,41+,42-,43-,44-,45-,46-/m0/s1. The molecule has 37 nitrogen and oxygen atoms in total. The molecule has 0 radical (unpaired) electrons. The SMILES string of the molecule is CC(=O)N[C@H]1[C@H](OC[C@H]2O[C@@H](O[C@H]3[C@H](O)[C@@H](O)C(O)O[C@@H]3CO)[C@H](O)[C@@H](O[C@@H]3O[C@H](CO)[C@@H](O[C@@H]4O[C@H](CO)[C@H](O)[C@H](O)[C@H]4O[C@@H]4O[C@@H](C)[C@@H](O)[C@@H](O)[C@@H]4O)[C@H](O)[C@H]3NC(C)=O)[C@H]2O)O[C@H](CO)[C@@H](O[C@@H]2O[C@H](CO)[C@H](O)[C@H](O)[C@H]2O)[C@@H]1O.